The minimum Gasteiger partial charge on any atom is -0.331 e. The van der Waals surface area contributed by atoms with Crippen LogP contribution in [0.3, 0.4) is 0 Å². The Morgan fingerprint density at radius 2 is 1.45 bits per heavy atom. The number of rotatable bonds is 10. The Morgan fingerprint density at radius 1 is 0.773 bits per heavy atom. The van der Waals surface area contributed by atoms with Gasteiger partial charge in [0.1, 0.15) is 0 Å². The molecule has 9 heteroatoms. The van der Waals surface area contributed by atoms with E-state index in [1.807, 2.05) is 35.2 Å². The van der Waals surface area contributed by atoms with E-state index in [2.05, 4.69) is 39.8 Å². The Morgan fingerprint density at radius 3 is 2.16 bits per heavy atom. The summed E-state index contributed by atoms with van der Waals surface area (Å²) in [5.41, 5.74) is 6.26. The summed E-state index contributed by atoms with van der Waals surface area (Å²) in [6.45, 7) is 3.63. The lowest BCUT2D eigenvalue weighted by atomic mass is 9.83. The summed E-state index contributed by atoms with van der Waals surface area (Å²) in [4.78, 5) is 19.0. The molecular formula is C35H36Cl4N4O. The van der Waals surface area contributed by atoms with E-state index >= 15 is 0 Å². The van der Waals surface area contributed by atoms with Crippen molar-refractivity contribution in [2.75, 3.05) is 13.1 Å². The van der Waals surface area contributed by atoms with Crippen LogP contribution < -0.4 is 10.6 Å². The molecular weight excluding hydrogens is 634 g/mol. The molecule has 0 unspecified atom stereocenters. The highest BCUT2D eigenvalue weighted by Gasteiger charge is 2.41. The highest BCUT2D eigenvalue weighted by atomic mass is 35.5. The summed E-state index contributed by atoms with van der Waals surface area (Å²) in [5, 5.41) is 9.73. The summed E-state index contributed by atoms with van der Waals surface area (Å²) < 4.78 is 0. The molecule has 2 heterocycles. The lowest BCUT2D eigenvalue weighted by Gasteiger charge is -2.41. The van der Waals surface area contributed by atoms with Gasteiger partial charge in [0, 0.05) is 72.0 Å². The molecule has 7 rings (SSSR count). The molecule has 0 spiro atoms. The number of amides is 1. The monoisotopic (exact) mass is 668 g/mol. The first-order valence-corrected chi connectivity index (χ1v) is 17.1. The van der Waals surface area contributed by atoms with Gasteiger partial charge in [-0.2, -0.15) is 0 Å². The number of hydrogen-bond acceptors (Lipinski definition) is 4. The Labute approximate surface area is 279 Å². The third kappa shape index (κ3) is 6.57. The van der Waals surface area contributed by atoms with Gasteiger partial charge in [-0.05, 0) is 72.6 Å². The van der Waals surface area contributed by atoms with Gasteiger partial charge in [0.2, 0.25) is 0 Å². The van der Waals surface area contributed by atoms with E-state index in [0.717, 1.165) is 73.3 Å². The quantitative estimate of drug-likeness (QED) is 0.232. The minimum atomic E-state index is -0.0357. The minimum absolute atomic E-state index is 0.0357. The number of fused-ring (bicyclic) bond motifs is 2. The highest BCUT2D eigenvalue weighted by molar-refractivity contribution is 6.42. The van der Waals surface area contributed by atoms with Crippen molar-refractivity contribution in [2.45, 2.75) is 75.9 Å². The third-order valence-corrected chi connectivity index (χ3v) is 10.9. The standard InChI is InChI=1S/C35H36Cl4N4O/c36-29-4-2-5-30(37)28(29)20-42(25-11-12-25)18-21-7-9-22(10-8-21)27-15-24-16-40-17-32(41-24)33(27)35(44)43(26-13-14-26)19-23-3-1-6-31(38)34(23)39/h1-10,24-26,32,40-41H,11-20H2/t24-,32+/m0/s1. The second kappa shape index (κ2) is 13.0. The van der Waals surface area contributed by atoms with Crippen LogP contribution in [-0.2, 0) is 24.4 Å². The molecule has 2 aliphatic heterocycles. The third-order valence-electron chi connectivity index (χ3n) is 9.33. The summed E-state index contributed by atoms with van der Waals surface area (Å²) >= 11 is 26.0. The summed E-state index contributed by atoms with van der Waals surface area (Å²) in [6.07, 6.45) is 5.22. The van der Waals surface area contributed by atoms with Gasteiger partial charge in [0.05, 0.1) is 16.1 Å². The Hall–Kier alpha value is -2.09. The normalized spacial score (nSPS) is 21.6. The van der Waals surface area contributed by atoms with Gasteiger partial charge < -0.3 is 15.5 Å². The molecule has 2 atom stereocenters. The first-order chi connectivity index (χ1) is 21.4. The first kappa shape index (κ1) is 30.6. The van der Waals surface area contributed by atoms with Crippen molar-refractivity contribution in [1.29, 1.82) is 0 Å². The molecule has 3 aromatic carbocycles. The molecule has 2 saturated carbocycles. The van der Waals surface area contributed by atoms with Crippen molar-refractivity contribution in [3.63, 3.8) is 0 Å². The van der Waals surface area contributed by atoms with Crippen molar-refractivity contribution >= 4 is 57.9 Å². The zero-order valence-corrected chi connectivity index (χ0v) is 27.5. The number of piperazine rings is 1. The van der Waals surface area contributed by atoms with E-state index in [9.17, 15) is 4.79 Å². The fourth-order valence-corrected chi connectivity index (χ4v) is 7.58. The van der Waals surface area contributed by atoms with Crippen LogP contribution in [0.5, 0.6) is 0 Å². The van der Waals surface area contributed by atoms with E-state index in [1.165, 1.54) is 18.4 Å². The predicted octanol–water partition coefficient (Wildman–Crippen LogP) is 7.74. The lowest BCUT2D eigenvalue weighted by Crippen LogP contribution is -2.60. The molecule has 2 N–H and O–H groups in total. The van der Waals surface area contributed by atoms with E-state index in [4.69, 9.17) is 46.4 Å². The molecule has 3 aromatic rings. The summed E-state index contributed by atoms with van der Waals surface area (Å²) in [5.74, 6) is 0.0961. The molecule has 5 nitrogen and oxygen atoms in total. The van der Waals surface area contributed by atoms with Crippen LogP contribution in [-0.4, -0.2) is 53.0 Å². The number of carbonyl (C=O) groups excluding carboxylic acids is 1. The van der Waals surface area contributed by atoms with Gasteiger partial charge in [-0.25, -0.2) is 0 Å². The SMILES string of the molecule is O=C(C1=C(c2ccc(CN(Cc3c(Cl)cccc3Cl)C3CC3)cc2)C[C@H]2CNC[C@H]1N2)N(Cc1cccc(Cl)c1Cl)C1CC1. The molecule has 3 fully saturated rings. The van der Waals surface area contributed by atoms with E-state index in [1.54, 1.807) is 6.07 Å². The fraction of sp³-hybridized carbons (Fsp3) is 0.400. The van der Waals surface area contributed by atoms with Crippen molar-refractivity contribution in [1.82, 2.24) is 20.4 Å². The Balaban J connectivity index is 1.16. The second-order valence-corrected chi connectivity index (χ2v) is 14.2. The second-order valence-electron chi connectivity index (χ2n) is 12.6. The highest BCUT2D eigenvalue weighted by Crippen LogP contribution is 2.38. The average molecular weight is 671 g/mol. The molecule has 0 radical (unpaired) electrons. The summed E-state index contributed by atoms with van der Waals surface area (Å²) in [6, 6.07) is 21.2. The fourth-order valence-electron chi connectivity index (χ4n) is 6.69. The molecule has 1 amide bonds. The first-order valence-electron chi connectivity index (χ1n) is 15.6. The van der Waals surface area contributed by atoms with Crippen LogP contribution in [0.15, 0.2) is 66.2 Å². The maximum atomic E-state index is 14.5. The number of nitrogens with zero attached hydrogens (tertiary/aromatic N) is 2. The number of benzene rings is 3. The molecule has 2 aliphatic carbocycles. The van der Waals surface area contributed by atoms with Gasteiger partial charge in [-0.3, -0.25) is 9.69 Å². The van der Waals surface area contributed by atoms with E-state index < -0.39 is 0 Å². The van der Waals surface area contributed by atoms with E-state index in [-0.39, 0.29) is 18.0 Å². The predicted molar refractivity (Wildman–Crippen MR) is 180 cm³/mol. The molecule has 1 saturated heterocycles. The number of hydrogen-bond donors (Lipinski definition) is 2. The maximum absolute atomic E-state index is 14.5. The maximum Gasteiger partial charge on any atom is 0.252 e. The molecule has 230 valence electrons. The van der Waals surface area contributed by atoms with Crippen molar-refractivity contribution in [2.24, 2.45) is 0 Å². The molecule has 4 aliphatic rings. The number of halogens is 4. The molecule has 44 heavy (non-hydrogen) atoms. The molecule has 2 bridgehead atoms. The van der Waals surface area contributed by atoms with Gasteiger partial charge in [0.15, 0.2) is 0 Å². The van der Waals surface area contributed by atoms with Gasteiger partial charge >= 0.3 is 0 Å². The van der Waals surface area contributed by atoms with Crippen molar-refractivity contribution in [3.05, 3.63) is 109 Å². The Kier molecular flexibility index (Phi) is 9.00. The van der Waals surface area contributed by atoms with Gasteiger partial charge in [-0.15, -0.1) is 0 Å². The van der Waals surface area contributed by atoms with Crippen molar-refractivity contribution in [3.8, 4) is 0 Å². The van der Waals surface area contributed by atoms with Crippen LogP contribution in [0.25, 0.3) is 5.57 Å². The Bertz CT molecular complexity index is 1560. The zero-order chi connectivity index (χ0) is 30.4. The van der Waals surface area contributed by atoms with Crippen LogP contribution in [0.4, 0.5) is 0 Å². The van der Waals surface area contributed by atoms with Crippen molar-refractivity contribution < 1.29 is 4.79 Å². The van der Waals surface area contributed by atoms with Crippen LogP contribution in [0.2, 0.25) is 20.1 Å². The smallest absolute Gasteiger partial charge is 0.252 e. The van der Waals surface area contributed by atoms with E-state index in [0.29, 0.717) is 38.7 Å². The van der Waals surface area contributed by atoms with Crippen LogP contribution in [0, 0.1) is 0 Å². The number of nitrogens with one attached hydrogen (secondary N) is 2. The van der Waals surface area contributed by atoms with Gasteiger partial charge in [0.25, 0.3) is 5.91 Å². The zero-order valence-electron chi connectivity index (χ0n) is 24.5. The summed E-state index contributed by atoms with van der Waals surface area (Å²) in [7, 11) is 0. The number of carbonyl (C=O) groups is 1. The van der Waals surface area contributed by atoms with Crippen LogP contribution in [0.1, 0.15) is 54.4 Å². The topological polar surface area (TPSA) is 47.6 Å². The van der Waals surface area contributed by atoms with Gasteiger partial charge in [-0.1, -0.05) is 88.9 Å². The lowest BCUT2D eigenvalue weighted by molar-refractivity contribution is -0.128. The molecule has 0 aromatic heterocycles. The average Bonchev–Trinajstić information content (AvgIpc) is 3.94. The van der Waals surface area contributed by atoms with Crippen LogP contribution >= 0.6 is 46.4 Å². The largest absolute Gasteiger partial charge is 0.331 e.